The highest BCUT2D eigenvalue weighted by Crippen LogP contribution is 2.39. The van der Waals surface area contributed by atoms with Crippen molar-refractivity contribution in [2.45, 2.75) is 10.8 Å². The van der Waals surface area contributed by atoms with Gasteiger partial charge in [-0.15, -0.1) is 11.3 Å². The van der Waals surface area contributed by atoms with Gasteiger partial charge in [-0.3, -0.25) is 4.68 Å². The van der Waals surface area contributed by atoms with Gasteiger partial charge in [-0.1, -0.05) is 12.1 Å². The maximum atomic E-state index is 12.2. The first-order valence-electron chi connectivity index (χ1n) is 10.8. The summed E-state index contributed by atoms with van der Waals surface area (Å²) in [4.78, 5) is 2.04. The number of nitrogens with zero attached hydrogens (tertiary/aromatic N) is 3. The van der Waals surface area contributed by atoms with E-state index in [9.17, 15) is 8.42 Å². The highest BCUT2D eigenvalue weighted by Gasteiger charge is 2.24. The smallest absolute Gasteiger partial charge is 0.248 e. The van der Waals surface area contributed by atoms with E-state index >= 15 is 0 Å². The van der Waals surface area contributed by atoms with Crippen molar-refractivity contribution in [3.8, 4) is 28.5 Å². The van der Waals surface area contributed by atoms with Crippen LogP contribution in [0.5, 0.6) is 17.2 Å². The Morgan fingerprint density at radius 1 is 1.06 bits per heavy atom. The van der Waals surface area contributed by atoms with Crippen LogP contribution in [-0.2, 0) is 16.6 Å². The average Bonchev–Trinajstić information content (AvgIpc) is 3.44. The molecule has 0 fully saturated rings. The first kappa shape index (κ1) is 25.0. The van der Waals surface area contributed by atoms with Gasteiger partial charge in [0, 0.05) is 12.1 Å². The molecule has 2 aromatic heterocycles. The topological polar surface area (TPSA) is 109 Å². The average molecular weight is 517 g/mol. The van der Waals surface area contributed by atoms with E-state index in [0.29, 0.717) is 47.0 Å². The van der Waals surface area contributed by atoms with Gasteiger partial charge in [0.2, 0.25) is 10.0 Å². The fraction of sp³-hybridized carbons (Fsp3) is 0.292. The number of primary sulfonamides is 1. The predicted molar refractivity (Wildman–Crippen MR) is 137 cm³/mol. The largest absolute Gasteiger partial charge is 0.496 e. The van der Waals surface area contributed by atoms with Crippen molar-refractivity contribution in [2.75, 3.05) is 41.5 Å². The minimum absolute atomic E-state index is 0.0657. The molecule has 35 heavy (non-hydrogen) atoms. The monoisotopic (exact) mass is 516 g/mol. The maximum Gasteiger partial charge on any atom is 0.248 e. The molecule has 186 valence electrons. The van der Waals surface area contributed by atoms with Crippen LogP contribution in [0, 0.1) is 0 Å². The third kappa shape index (κ3) is 5.27. The minimum atomic E-state index is -3.91. The van der Waals surface area contributed by atoms with Crippen molar-refractivity contribution >= 4 is 32.3 Å². The molecule has 0 atom stereocenters. The third-order valence-electron chi connectivity index (χ3n) is 5.46. The van der Waals surface area contributed by atoms with Gasteiger partial charge in [0.25, 0.3) is 0 Å². The molecule has 11 heteroatoms. The lowest BCUT2D eigenvalue weighted by molar-refractivity contribution is 0.250. The van der Waals surface area contributed by atoms with Crippen molar-refractivity contribution in [3.05, 3.63) is 53.4 Å². The quantitative estimate of drug-likeness (QED) is 0.344. The van der Waals surface area contributed by atoms with Crippen LogP contribution in [0.2, 0.25) is 0 Å². The number of hydrogen-bond donors (Lipinski definition) is 1. The number of fused-ring (bicyclic) bond motifs is 1. The molecule has 0 spiro atoms. The number of benzene rings is 2. The number of nitrogens with two attached hydrogens (primary N) is 1. The number of aromatic nitrogens is 2. The Balaban J connectivity index is 1.78. The third-order valence-corrected chi connectivity index (χ3v) is 7.89. The Labute approximate surface area is 208 Å². The molecule has 4 rings (SSSR count). The first-order valence-corrected chi connectivity index (χ1v) is 13.2. The summed E-state index contributed by atoms with van der Waals surface area (Å²) >= 11 is 1.07. The van der Waals surface area contributed by atoms with Crippen LogP contribution in [-0.4, -0.2) is 64.6 Å². The van der Waals surface area contributed by atoms with Crippen molar-refractivity contribution < 1.29 is 22.6 Å². The van der Waals surface area contributed by atoms with E-state index < -0.39 is 10.0 Å². The number of rotatable bonds is 10. The van der Waals surface area contributed by atoms with E-state index in [1.165, 1.54) is 0 Å². The second-order valence-electron chi connectivity index (χ2n) is 8.16. The van der Waals surface area contributed by atoms with Crippen molar-refractivity contribution in [2.24, 2.45) is 5.14 Å². The Morgan fingerprint density at radius 2 is 1.83 bits per heavy atom. The van der Waals surface area contributed by atoms with Crippen LogP contribution < -0.4 is 19.3 Å². The summed E-state index contributed by atoms with van der Waals surface area (Å²) in [6, 6.07) is 13.1. The molecular weight excluding hydrogens is 488 g/mol. The Hall–Kier alpha value is -3.12. The highest BCUT2D eigenvalue weighted by molar-refractivity contribution is 7.91. The number of hydrogen-bond acceptors (Lipinski definition) is 8. The standard InChI is InChI=1S/C24H28N4O5S2/c1-27(2)11-12-33-21-14-16(8-9-19(21)31-3)15-28-18-6-5-7-20(32-4)22(18)23(26-28)17-10-13-34-24(17)35(25,29)30/h5-10,13-14H,11-12,15H2,1-4H3,(H2,25,29,30). The second kappa shape index (κ2) is 10.2. The predicted octanol–water partition coefficient (Wildman–Crippen LogP) is 3.42. The molecule has 2 heterocycles. The lowest BCUT2D eigenvalue weighted by Gasteiger charge is -2.15. The first-order chi connectivity index (χ1) is 16.7. The summed E-state index contributed by atoms with van der Waals surface area (Å²) in [7, 11) is 3.25. The molecule has 2 aromatic carbocycles. The summed E-state index contributed by atoms with van der Waals surface area (Å²) in [6.45, 7) is 1.72. The van der Waals surface area contributed by atoms with Gasteiger partial charge in [0.1, 0.15) is 22.3 Å². The Kier molecular flexibility index (Phi) is 7.31. The molecule has 0 aliphatic carbocycles. The minimum Gasteiger partial charge on any atom is -0.496 e. The van der Waals surface area contributed by atoms with Gasteiger partial charge in [-0.2, -0.15) is 5.10 Å². The van der Waals surface area contributed by atoms with E-state index in [4.69, 9.17) is 24.4 Å². The number of thiophene rings is 1. The van der Waals surface area contributed by atoms with Crippen molar-refractivity contribution in [1.82, 2.24) is 14.7 Å². The van der Waals surface area contributed by atoms with E-state index in [1.54, 1.807) is 25.7 Å². The van der Waals surface area contributed by atoms with Crippen LogP contribution in [0.4, 0.5) is 0 Å². The molecular formula is C24H28N4O5S2. The zero-order valence-corrected chi connectivity index (χ0v) is 21.6. The lowest BCUT2D eigenvalue weighted by atomic mass is 10.1. The fourth-order valence-corrected chi connectivity index (χ4v) is 5.60. The van der Waals surface area contributed by atoms with E-state index in [1.807, 2.05) is 60.1 Å². The number of sulfonamides is 1. The van der Waals surface area contributed by atoms with Crippen LogP contribution in [0.25, 0.3) is 22.2 Å². The molecule has 9 nitrogen and oxygen atoms in total. The van der Waals surface area contributed by atoms with Crippen LogP contribution in [0.1, 0.15) is 5.56 Å². The molecule has 0 aliphatic rings. The summed E-state index contributed by atoms with van der Waals surface area (Å²) in [5.74, 6) is 1.89. The van der Waals surface area contributed by atoms with Crippen LogP contribution in [0.15, 0.2) is 52.1 Å². The van der Waals surface area contributed by atoms with E-state index in [2.05, 4.69) is 0 Å². The number of ether oxygens (including phenoxy) is 3. The van der Waals surface area contributed by atoms with Gasteiger partial charge in [-0.25, -0.2) is 13.6 Å². The van der Waals surface area contributed by atoms with Gasteiger partial charge in [0.15, 0.2) is 11.5 Å². The normalized spacial score (nSPS) is 11.8. The molecule has 0 saturated heterocycles. The summed E-state index contributed by atoms with van der Waals surface area (Å²) in [5, 5.41) is 12.7. The molecule has 4 aromatic rings. The molecule has 0 radical (unpaired) electrons. The molecule has 0 aliphatic heterocycles. The Morgan fingerprint density at radius 3 is 2.51 bits per heavy atom. The van der Waals surface area contributed by atoms with E-state index in [-0.39, 0.29) is 4.21 Å². The zero-order chi connectivity index (χ0) is 25.2. The number of likely N-dealkylation sites (N-methyl/N-ethyl adjacent to an activating group) is 1. The van der Waals surface area contributed by atoms with Crippen LogP contribution >= 0.6 is 11.3 Å². The molecule has 0 bridgehead atoms. The zero-order valence-electron chi connectivity index (χ0n) is 20.0. The van der Waals surface area contributed by atoms with Crippen molar-refractivity contribution in [3.63, 3.8) is 0 Å². The van der Waals surface area contributed by atoms with Gasteiger partial charge in [0.05, 0.1) is 31.7 Å². The lowest BCUT2D eigenvalue weighted by Crippen LogP contribution is -2.19. The maximum absolute atomic E-state index is 12.2. The fourth-order valence-electron chi connectivity index (χ4n) is 3.81. The SMILES string of the molecule is COc1ccc(Cn2nc(-c3ccsc3S(N)(=O)=O)c3c(OC)cccc32)cc1OCCN(C)C. The highest BCUT2D eigenvalue weighted by atomic mass is 32.2. The van der Waals surface area contributed by atoms with Gasteiger partial charge < -0.3 is 19.1 Å². The summed E-state index contributed by atoms with van der Waals surface area (Å²) < 4.78 is 43.3. The Bertz CT molecular complexity index is 1440. The molecule has 2 N–H and O–H groups in total. The van der Waals surface area contributed by atoms with Crippen LogP contribution in [0.3, 0.4) is 0 Å². The van der Waals surface area contributed by atoms with Gasteiger partial charge >= 0.3 is 0 Å². The molecule has 0 unspecified atom stereocenters. The second-order valence-corrected chi connectivity index (χ2v) is 10.8. The van der Waals surface area contributed by atoms with Crippen molar-refractivity contribution in [1.29, 1.82) is 0 Å². The molecule has 0 saturated carbocycles. The summed E-state index contributed by atoms with van der Waals surface area (Å²) in [5.41, 5.74) is 2.70. The molecule has 0 amide bonds. The van der Waals surface area contributed by atoms with E-state index in [0.717, 1.165) is 29.0 Å². The summed E-state index contributed by atoms with van der Waals surface area (Å²) in [6.07, 6.45) is 0. The number of methoxy groups -OCH3 is 2. The van der Waals surface area contributed by atoms with Gasteiger partial charge in [-0.05, 0) is 55.4 Å².